The van der Waals surface area contributed by atoms with Gasteiger partial charge in [-0.25, -0.2) is 14.8 Å². The predicted molar refractivity (Wildman–Crippen MR) is 281 cm³/mol. The van der Waals surface area contributed by atoms with E-state index in [2.05, 4.69) is 68.0 Å². The summed E-state index contributed by atoms with van der Waals surface area (Å²) in [6, 6.07) is 45.6. The van der Waals surface area contributed by atoms with Crippen LogP contribution in [0, 0.1) is 0 Å². The van der Waals surface area contributed by atoms with Crippen LogP contribution in [0.1, 0.15) is 122 Å². The van der Waals surface area contributed by atoms with E-state index in [0.29, 0.717) is 18.1 Å². The van der Waals surface area contributed by atoms with E-state index in [4.69, 9.17) is 14.7 Å². The minimum Gasteiger partial charge on any atom is -0.456 e. The highest BCUT2D eigenvalue weighted by molar-refractivity contribution is 5.94. The molecule has 12 heteroatoms. The molecule has 72 heavy (non-hydrogen) atoms. The van der Waals surface area contributed by atoms with Gasteiger partial charge in [-0.2, -0.15) is 0 Å². The minimum absolute atomic E-state index is 0.0344. The monoisotopic (exact) mass is 963 g/mol. The fraction of sp³-hybridized carbons (Fsp3) is 0.350. The second-order valence-electron chi connectivity index (χ2n) is 19.6. The highest BCUT2D eigenvalue weighted by Crippen LogP contribution is 2.37. The summed E-state index contributed by atoms with van der Waals surface area (Å²) >= 11 is 0. The van der Waals surface area contributed by atoms with Gasteiger partial charge in [-0.15, -0.1) is 0 Å². The Morgan fingerprint density at radius 3 is 1.81 bits per heavy atom. The highest BCUT2D eigenvalue weighted by Gasteiger charge is 2.39. The van der Waals surface area contributed by atoms with Crippen molar-refractivity contribution in [2.24, 2.45) is 0 Å². The van der Waals surface area contributed by atoms with E-state index in [9.17, 15) is 14.4 Å². The maximum Gasteiger partial charge on any atom is 0.357 e. The molecule has 7 aromatic rings. The number of aromatic amines is 2. The Hall–Kier alpha value is -7.15. The van der Waals surface area contributed by atoms with Crippen LogP contribution in [0.25, 0.3) is 33.6 Å². The van der Waals surface area contributed by atoms with Gasteiger partial charge in [0, 0.05) is 18.7 Å². The first-order valence-electron chi connectivity index (χ1n) is 26.1. The molecule has 0 radical (unpaired) electrons. The highest BCUT2D eigenvalue weighted by atomic mass is 16.5. The number of nitrogens with one attached hydrogen (secondary N) is 2. The third-order valence-electron chi connectivity index (χ3n) is 14.7. The zero-order chi connectivity index (χ0) is 49.2. The van der Waals surface area contributed by atoms with Crippen LogP contribution in [0.3, 0.4) is 0 Å². The third kappa shape index (κ3) is 11.0. The van der Waals surface area contributed by atoms with E-state index >= 15 is 0 Å². The van der Waals surface area contributed by atoms with Crippen molar-refractivity contribution in [1.29, 1.82) is 0 Å². The van der Waals surface area contributed by atoms with Crippen LogP contribution in [0.4, 0.5) is 0 Å². The van der Waals surface area contributed by atoms with Crippen molar-refractivity contribution in [2.45, 2.75) is 96.0 Å². The van der Waals surface area contributed by atoms with Crippen LogP contribution >= 0.6 is 0 Å². The lowest BCUT2D eigenvalue weighted by Crippen LogP contribution is -2.45. The van der Waals surface area contributed by atoms with E-state index in [1.54, 1.807) is 0 Å². The Bertz CT molecular complexity index is 2870. The van der Waals surface area contributed by atoms with Gasteiger partial charge >= 0.3 is 5.97 Å². The SMILES string of the molecule is CCCN(Cc1nc(-c2ccc(-c3ccc(-c4cnc([C@@H]5CCCN5C(=O)C(c5ccccc5)N5CCCCC5)[nH]4)cc3)cc2)c(C(=O)OCc2ccccc2)[nH]1)C(=O)[C@@H](c1ccccc1)N1CCCCC1. The molecular formula is C60H66N8O4. The average molecular weight is 963 g/mol. The first kappa shape index (κ1) is 48.5. The Morgan fingerprint density at radius 2 is 1.19 bits per heavy atom. The Labute approximate surface area is 423 Å². The molecule has 2 N–H and O–H groups in total. The lowest BCUT2D eigenvalue weighted by molar-refractivity contribution is -0.139. The molecule has 370 valence electrons. The van der Waals surface area contributed by atoms with Gasteiger partial charge in [-0.3, -0.25) is 19.4 Å². The number of benzene rings is 5. The van der Waals surface area contributed by atoms with E-state index in [0.717, 1.165) is 128 Å². The summed E-state index contributed by atoms with van der Waals surface area (Å²) in [7, 11) is 0. The lowest BCUT2D eigenvalue weighted by atomic mass is 10.00. The van der Waals surface area contributed by atoms with Crippen molar-refractivity contribution in [3.05, 3.63) is 180 Å². The number of carbonyl (C=O) groups is 3. The number of amides is 2. The molecule has 0 saturated carbocycles. The molecule has 3 aliphatic heterocycles. The van der Waals surface area contributed by atoms with Crippen molar-refractivity contribution < 1.29 is 19.1 Å². The Balaban J connectivity index is 0.866. The molecule has 12 nitrogen and oxygen atoms in total. The number of carbonyl (C=O) groups excluding carboxylic acids is 3. The number of rotatable bonds is 17. The first-order chi connectivity index (χ1) is 35.4. The van der Waals surface area contributed by atoms with Crippen molar-refractivity contribution in [3.63, 3.8) is 0 Å². The molecule has 3 fully saturated rings. The topological polar surface area (TPSA) is 131 Å². The molecule has 2 aromatic heterocycles. The number of esters is 1. The number of likely N-dealkylation sites (tertiary alicyclic amines) is 3. The van der Waals surface area contributed by atoms with Crippen LogP contribution in [-0.4, -0.2) is 96.6 Å². The summed E-state index contributed by atoms with van der Waals surface area (Å²) in [6.07, 6.45) is 11.2. The number of nitrogens with zero attached hydrogens (tertiary/aromatic N) is 6. The van der Waals surface area contributed by atoms with Crippen LogP contribution in [0.2, 0.25) is 0 Å². The van der Waals surface area contributed by atoms with Gasteiger partial charge in [0.1, 0.15) is 36.0 Å². The largest absolute Gasteiger partial charge is 0.456 e. The summed E-state index contributed by atoms with van der Waals surface area (Å²) < 4.78 is 5.88. The van der Waals surface area contributed by atoms with Gasteiger partial charge < -0.3 is 24.5 Å². The molecule has 0 spiro atoms. The van der Waals surface area contributed by atoms with Gasteiger partial charge in [-0.1, -0.05) is 159 Å². The lowest BCUT2D eigenvalue weighted by Gasteiger charge is -2.37. The summed E-state index contributed by atoms with van der Waals surface area (Å²) in [5.41, 5.74) is 8.35. The molecule has 0 aliphatic carbocycles. The average Bonchev–Trinajstić information content (AvgIpc) is 4.23. The van der Waals surface area contributed by atoms with Crippen molar-refractivity contribution in [1.82, 2.24) is 39.5 Å². The molecule has 3 aliphatic rings. The van der Waals surface area contributed by atoms with Crippen molar-refractivity contribution in [3.8, 4) is 33.6 Å². The van der Waals surface area contributed by atoms with E-state index < -0.39 is 12.0 Å². The normalized spacial score (nSPS) is 17.3. The van der Waals surface area contributed by atoms with Gasteiger partial charge in [0.05, 0.1) is 24.5 Å². The second kappa shape index (κ2) is 22.9. The molecule has 3 saturated heterocycles. The van der Waals surface area contributed by atoms with E-state index in [1.165, 1.54) is 12.8 Å². The number of hydrogen-bond donors (Lipinski definition) is 2. The van der Waals surface area contributed by atoms with Crippen LogP contribution in [-0.2, 0) is 27.5 Å². The molecule has 2 amide bonds. The quantitative estimate of drug-likeness (QED) is 0.0863. The summed E-state index contributed by atoms with van der Waals surface area (Å²) in [4.78, 5) is 68.6. The second-order valence-corrected chi connectivity index (χ2v) is 19.6. The first-order valence-corrected chi connectivity index (χ1v) is 26.1. The summed E-state index contributed by atoms with van der Waals surface area (Å²) in [5.74, 6) is 1.03. The Kier molecular flexibility index (Phi) is 15.4. The molecule has 5 heterocycles. The molecule has 1 unspecified atom stereocenters. The molecular weight excluding hydrogens is 897 g/mol. The number of H-pyrrole nitrogens is 2. The third-order valence-corrected chi connectivity index (χ3v) is 14.7. The fourth-order valence-electron chi connectivity index (χ4n) is 11.0. The summed E-state index contributed by atoms with van der Waals surface area (Å²) in [6.45, 7) is 7.29. The van der Waals surface area contributed by atoms with Crippen LogP contribution in [0.15, 0.2) is 146 Å². The maximum atomic E-state index is 14.7. The minimum atomic E-state index is -0.515. The van der Waals surface area contributed by atoms with E-state index in [-0.39, 0.29) is 42.7 Å². The molecule has 10 rings (SSSR count). The standard InChI is InChI=1S/C60H66N8O4/c1-2-34-67(58(69)55(48-21-10-4-11-22-48)65-35-14-6-15-36-65)41-52-63-53(54(64-52)60(71)72-42-43-19-8-3-9-20-43)47-32-28-45(29-33-47)44-26-30-46(31-27-44)50-40-61-57(62-50)51-25-18-39-68(51)59(70)56(49-23-12-5-13-24-49)66-37-16-7-17-38-66/h3-5,8-13,19-24,26-33,40,51,55-56H,2,6-7,14-18,25,34-39,41-42H2,1H3,(H,61,62)(H,63,64)/t51-,55+,56?/m0/s1. The smallest absolute Gasteiger partial charge is 0.357 e. The fourth-order valence-corrected chi connectivity index (χ4v) is 11.0. The van der Waals surface area contributed by atoms with Gasteiger partial charge in [0.2, 0.25) is 11.8 Å². The predicted octanol–water partition coefficient (Wildman–Crippen LogP) is 11.3. The Morgan fingerprint density at radius 1 is 0.639 bits per heavy atom. The molecule has 3 atom stereocenters. The van der Waals surface area contributed by atoms with Gasteiger partial charge in [0.15, 0.2) is 5.69 Å². The number of piperidine rings is 2. The van der Waals surface area contributed by atoms with Crippen molar-refractivity contribution >= 4 is 17.8 Å². The number of ether oxygens (including phenoxy) is 1. The zero-order valence-corrected chi connectivity index (χ0v) is 41.4. The van der Waals surface area contributed by atoms with Crippen molar-refractivity contribution in [2.75, 3.05) is 39.3 Å². The maximum absolute atomic E-state index is 14.7. The van der Waals surface area contributed by atoms with Crippen LogP contribution < -0.4 is 0 Å². The van der Waals surface area contributed by atoms with E-state index in [1.807, 2.05) is 114 Å². The number of imidazole rings is 2. The van der Waals surface area contributed by atoms with Crippen LogP contribution in [0.5, 0.6) is 0 Å². The van der Waals surface area contributed by atoms with Gasteiger partial charge in [0.25, 0.3) is 0 Å². The number of hydrogen-bond acceptors (Lipinski definition) is 8. The number of aromatic nitrogens is 4. The molecule has 5 aromatic carbocycles. The summed E-state index contributed by atoms with van der Waals surface area (Å²) in [5, 5.41) is 0. The van der Waals surface area contributed by atoms with Gasteiger partial charge in [-0.05, 0) is 105 Å². The molecule has 0 bridgehead atoms. The zero-order valence-electron chi connectivity index (χ0n) is 41.4.